The average molecular weight is 269 g/mol. The summed E-state index contributed by atoms with van der Waals surface area (Å²) in [4.78, 5) is 14.1. The minimum atomic E-state index is -0.178. The lowest BCUT2D eigenvalue weighted by Gasteiger charge is -2.18. The summed E-state index contributed by atoms with van der Waals surface area (Å²) in [5.41, 5.74) is 2.72. The number of hydrogen-bond acceptors (Lipinski definition) is 3. The van der Waals surface area contributed by atoms with Gasteiger partial charge in [0.05, 0.1) is 6.54 Å². The van der Waals surface area contributed by atoms with Gasteiger partial charge in [-0.3, -0.25) is 9.80 Å². The Kier molecular flexibility index (Phi) is 4.38. The molecule has 2 N–H and O–H groups in total. The molecule has 0 spiro atoms. The van der Waals surface area contributed by atoms with Crippen LogP contribution < -0.4 is 10.7 Å². The third kappa shape index (κ3) is 3.36. The van der Waals surface area contributed by atoms with Crippen molar-refractivity contribution in [1.82, 2.24) is 5.01 Å². The number of rotatable bonds is 4. The number of amides is 1. The summed E-state index contributed by atoms with van der Waals surface area (Å²) < 4.78 is 0. The van der Waals surface area contributed by atoms with Gasteiger partial charge in [0.2, 0.25) is 0 Å². The van der Waals surface area contributed by atoms with Gasteiger partial charge in [-0.2, -0.15) is 0 Å². The lowest BCUT2D eigenvalue weighted by atomic mass is 10.1. The summed E-state index contributed by atoms with van der Waals surface area (Å²) in [6.45, 7) is 0.390. The molecule has 2 rings (SSSR count). The number of carbonyl (C=O) groups excluding carboxylic acids is 1. The van der Waals surface area contributed by atoms with Crippen molar-refractivity contribution < 1.29 is 4.79 Å². The molecule has 104 valence electrons. The lowest BCUT2D eigenvalue weighted by molar-refractivity contribution is 0.0743. The molecule has 0 unspecified atom stereocenters. The van der Waals surface area contributed by atoms with Crippen LogP contribution in [0.5, 0.6) is 0 Å². The number of nitrogens with zero attached hydrogens (tertiary/aromatic N) is 2. The normalized spacial score (nSPS) is 10.2. The summed E-state index contributed by atoms with van der Waals surface area (Å²) in [6.07, 6.45) is 0. The van der Waals surface area contributed by atoms with E-state index in [-0.39, 0.29) is 5.91 Å². The van der Waals surface area contributed by atoms with Crippen molar-refractivity contribution in [3.05, 3.63) is 65.7 Å². The van der Waals surface area contributed by atoms with Crippen LogP contribution in [0.15, 0.2) is 54.6 Å². The van der Waals surface area contributed by atoms with Gasteiger partial charge in [-0.25, -0.2) is 5.84 Å². The van der Waals surface area contributed by atoms with Gasteiger partial charge in [-0.1, -0.05) is 30.3 Å². The van der Waals surface area contributed by atoms with Crippen LogP contribution >= 0.6 is 0 Å². The van der Waals surface area contributed by atoms with Crippen LogP contribution in [-0.4, -0.2) is 25.0 Å². The van der Waals surface area contributed by atoms with Crippen LogP contribution in [-0.2, 0) is 6.54 Å². The van der Waals surface area contributed by atoms with E-state index in [4.69, 9.17) is 5.84 Å². The highest BCUT2D eigenvalue weighted by Crippen LogP contribution is 2.13. The number of hydrogen-bond donors (Lipinski definition) is 1. The highest BCUT2D eigenvalue weighted by molar-refractivity contribution is 5.93. The molecule has 2 aromatic carbocycles. The molecule has 20 heavy (non-hydrogen) atoms. The minimum absolute atomic E-state index is 0.178. The largest absolute Gasteiger partial charge is 0.378 e. The topological polar surface area (TPSA) is 49.6 Å². The third-order valence-electron chi connectivity index (χ3n) is 3.09. The molecule has 4 nitrogen and oxygen atoms in total. The SMILES string of the molecule is CN(C)c1ccc(CN(N)C(=O)c2ccccc2)cc1. The minimum Gasteiger partial charge on any atom is -0.378 e. The summed E-state index contributed by atoms with van der Waals surface area (Å²) in [5, 5.41) is 1.24. The van der Waals surface area contributed by atoms with Crippen molar-refractivity contribution in [3.63, 3.8) is 0 Å². The Morgan fingerprint density at radius 2 is 1.60 bits per heavy atom. The quantitative estimate of drug-likeness (QED) is 0.526. The number of hydrazine groups is 1. The molecular weight excluding hydrogens is 250 g/mol. The number of anilines is 1. The van der Waals surface area contributed by atoms with Crippen LogP contribution in [0.3, 0.4) is 0 Å². The predicted molar refractivity (Wildman–Crippen MR) is 81.3 cm³/mol. The zero-order valence-electron chi connectivity index (χ0n) is 11.8. The second-order valence-corrected chi connectivity index (χ2v) is 4.86. The zero-order chi connectivity index (χ0) is 14.5. The maximum absolute atomic E-state index is 12.1. The average Bonchev–Trinajstić information content (AvgIpc) is 2.48. The van der Waals surface area contributed by atoms with Crippen LogP contribution in [0.2, 0.25) is 0 Å². The molecule has 0 saturated heterocycles. The number of carbonyl (C=O) groups is 1. The monoisotopic (exact) mass is 269 g/mol. The van der Waals surface area contributed by atoms with Crippen LogP contribution in [0.25, 0.3) is 0 Å². The fourth-order valence-corrected chi connectivity index (χ4v) is 1.91. The first-order chi connectivity index (χ1) is 9.58. The van der Waals surface area contributed by atoms with E-state index in [1.165, 1.54) is 5.01 Å². The van der Waals surface area contributed by atoms with E-state index in [0.717, 1.165) is 11.3 Å². The third-order valence-corrected chi connectivity index (χ3v) is 3.09. The molecule has 0 radical (unpaired) electrons. The molecule has 0 aliphatic heterocycles. The molecule has 0 aromatic heterocycles. The van der Waals surface area contributed by atoms with E-state index in [2.05, 4.69) is 0 Å². The Morgan fingerprint density at radius 1 is 1.00 bits per heavy atom. The van der Waals surface area contributed by atoms with Crippen molar-refractivity contribution >= 4 is 11.6 Å². The molecule has 1 amide bonds. The molecule has 4 heteroatoms. The van der Waals surface area contributed by atoms with Crippen molar-refractivity contribution in [2.45, 2.75) is 6.54 Å². The van der Waals surface area contributed by atoms with Crippen molar-refractivity contribution in [1.29, 1.82) is 0 Å². The second kappa shape index (κ2) is 6.21. The zero-order valence-corrected chi connectivity index (χ0v) is 11.8. The van der Waals surface area contributed by atoms with Crippen molar-refractivity contribution in [3.8, 4) is 0 Å². The van der Waals surface area contributed by atoms with E-state index >= 15 is 0 Å². The molecular formula is C16H19N3O. The van der Waals surface area contributed by atoms with Gasteiger partial charge >= 0.3 is 0 Å². The first-order valence-corrected chi connectivity index (χ1v) is 6.46. The summed E-state index contributed by atoms with van der Waals surface area (Å²) in [6, 6.07) is 17.0. The van der Waals surface area contributed by atoms with Gasteiger partial charge in [0, 0.05) is 25.3 Å². The Labute approximate surface area is 119 Å². The van der Waals surface area contributed by atoms with E-state index in [1.807, 2.05) is 61.5 Å². The Hall–Kier alpha value is -2.33. The predicted octanol–water partition coefficient (Wildman–Crippen LogP) is 2.27. The maximum atomic E-state index is 12.1. The van der Waals surface area contributed by atoms with E-state index in [0.29, 0.717) is 12.1 Å². The Balaban J connectivity index is 2.04. The van der Waals surface area contributed by atoms with E-state index < -0.39 is 0 Å². The fraction of sp³-hybridized carbons (Fsp3) is 0.188. The standard InChI is InChI=1S/C16H19N3O/c1-18(2)15-10-8-13(9-11-15)12-19(17)16(20)14-6-4-3-5-7-14/h3-11H,12,17H2,1-2H3. The fourth-order valence-electron chi connectivity index (χ4n) is 1.91. The molecule has 0 saturated carbocycles. The Morgan fingerprint density at radius 3 is 2.15 bits per heavy atom. The van der Waals surface area contributed by atoms with Crippen LogP contribution in [0.1, 0.15) is 15.9 Å². The Bertz CT molecular complexity index is 564. The molecule has 0 aliphatic rings. The van der Waals surface area contributed by atoms with Crippen molar-refractivity contribution in [2.75, 3.05) is 19.0 Å². The van der Waals surface area contributed by atoms with Gasteiger partial charge in [-0.05, 0) is 29.8 Å². The van der Waals surface area contributed by atoms with Crippen molar-refractivity contribution in [2.24, 2.45) is 5.84 Å². The lowest BCUT2D eigenvalue weighted by Crippen LogP contribution is -2.36. The maximum Gasteiger partial charge on any atom is 0.268 e. The highest BCUT2D eigenvalue weighted by atomic mass is 16.2. The van der Waals surface area contributed by atoms with E-state index in [1.54, 1.807) is 12.1 Å². The number of benzene rings is 2. The molecule has 0 heterocycles. The van der Waals surface area contributed by atoms with Gasteiger partial charge < -0.3 is 4.90 Å². The van der Waals surface area contributed by atoms with Crippen LogP contribution in [0, 0.1) is 0 Å². The summed E-state index contributed by atoms with van der Waals surface area (Å²) >= 11 is 0. The van der Waals surface area contributed by atoms with Crippen LogP contribution in [0.4, 0.5) is 5.69 Å². The van der Waals surface area contributed by atoms with Gasteiger partial charge in [0.25, 0.3) is 5.91 Å². The van der Waals surface area contributed by atoms with Gasteiger partial charge in [0.15, 0.2) is 0 Å². The second-order valence-electron chi connectivity index (χ2n) is 4.86. The first-order valence-electron chi connectivity index (χ1n) is 6.46. The number of nitrogens with two attached hydrogens (primary N) is 1. The van der Waals surface area contributed by atoms with Gasteiger partial charge in [0.1, 0.15) is 0 Å². The molecule has 0 fully saturated rings. The smallest absolute Gasteiger partial charge is 0.268 e. The molecule has 0 bridgehead atoms. The molecule has 0 atom stereocenters. The molecule has 0 aliphatic carbocycles. The summed E-state index contributed by atoms with van der Waals surface area (Å²) in [5.74, 6) is 5.67. The van der Waals surface area contributed by atoms with Gasteiger partial charge in [-0.15, -0.1) is 0 Å². The highest BCUT2D eigenvalue weighted by Gasteiger charge is 2.12. The molecule has 2 aromatic rings. The van der Waals surface area contributed by atoms with E-state index in [9.17, 15) is 4.79 Å². The summed E-state index contributed by atoms with van der Waals surface area (Å²) in [7, 11) is 3.98. The first kappa shape index (κ1) is 14.1.